The minimum atomic E-state index is 0.799. The highest BCUT2D eigenvalue weighted by Gasteiger charge is 2.66. The van der Waals surface area contributed by atoms with Crippen molar-refractivity contribution < 1.29 is 0 Å². The molecule has 0 radical (unpaired) electrons. The van der Waals surface area contributed by atoms with Crippen LogP contribution in [-0.4, -0.2) is 13.1 Å². The van der Waals surface area contributed by atoms with Crippen molar-refractivity contribution in [2.75, 3.05) is 7.05 Å². The minimum Gasteiger partial charge on any atom is -0.316 e. The van der Waals surface area contributed by atoms with Crippen LogP contribution in [0.25, 0.3) is 0 Å². The summed E-state index contributed by atoms with van der Waals surface area (Å²) in [5, 5.41) is 3.56. The maximum absolute atomic E-state index is 3.56. The van der Waals surface area contributed by atoms with E-state index in [9.17, 15) is 0 Å². The summed E-state index contributed by atoms with van der Waals surface area (Å²) >= 11 is 0. The maximum atomic E-state index is 3.56. The number of nitrogens with one attached hydrogen (secondary N) is 1. The Hall–Kier alpha value is -0.0400. The van der Waals surface area contributed by atoms with Gasteiger partial charge in [0.1, 0.15) is 0 Å². The van der Waals surface area contributed by atoms with E-state index < -0.39 is 0 Å². The summed E-state index contributed by atoms with van der Waals surface area (Å²) in [5.41, 5.74) is 0. The molecule has 0 saturated heterocycles. The molecular formula is C13H23N. The highest BCUT2D eigenvalue weighted by atomic mass is 14.9. The molecule has 3 aliphatic rings. The maximum Gasteiger partial charge on any atom is 0.0121 e. The number of hydrogen-bond donors (Lipinski definition) is 1. The molecule has 0 heterocycles. The molecule has 0 aliphatic heterocycles. The van der Waals surface area contributed by atoms with E-state index in [1.54, 1.807) is 19.3 Å². The average Bonchev–Trinajstić information content (AvgIpc) is 2.57. The first-order valence-electron chi connectivity index (χ1n) is 6.41. The summed E-state index contributed by atoms with van der Waals surface area (Å²) in [6, 6.07) is 0.799. The van der Waals surface area contributed by atoms with E-state index in [1.165, 1.54) is 0 Å². The van der Waals surface area contributed by atoms with Crippen molar-refractivity contribution in [1.29, 1.82) is 0 Å². The normalized spacial score (nSPS) is 51.0. The summed E-state index contributed by atoms with van der Waals surface area (Å²) < 4.78 is 0. The van der Waals surface area contributed by atoms with Gasteiger partial charge in [-0.15, -0.1) is 0 Å². The van der Waals surface area contributed by atoms with Gasteiger partial charge in [0.05, 0.1) is 0 Å². The third-order valence-electron chi connectivity index (χ3n) is 5.26. The topological polar surface area (TPSA) is 12.0 Å². The molecule has 0 amide bonds. The van der Waals surface area contributed by atoms with Gasteiger partial charge in [0.15, 0.2) is 0 Å². The van der Waals surface area contributed by atoms with Crippen molar-refractivity contribution >= 4 is 0 Å². The summed E-state index contributed by atoms with van der Waals surface area (Å²) in [7, 11) is 2.15. The Balaban J connectivity index is 1.72. The largest absolute Gasteiger partial charge is 0.316 e. The molecule has 0 aromatic heterocycles. The Kier molecular flexibility index (Phi) is 1.96. The van der Waals surface area contributed by atoms with E-state index in [2.05, 4.69) is 26.2 Å². The lowest BCUT2D eigenvalue weighted by molar-refractivity contribution is 0.316. The molecule has 3 saturated carbocycles. The van der Waals surface area contributed by atoms with Gasteiger partial charge in [0.2, 0.25) is 0 Å². The van der Waals surface area contributed by atoms with Gasteiger partial charge in [-0.1, -0.05) is 13.8 Å². The Morgan fingerprint density at radius 2 is 1.64 bits per heavy atom. The van der Waals surface area contributed by atoms with E-state index in [0.717, 1.165) is 41.5 Å². The van der Waals surface area contributed by atoms with E-state index in [-0.39, 0.29) is 0 Å². The quantitative estimate of drug-likeness (QED) is 0.726. The van der Waals surface area contributed by atoms with Crippen molar-refractivity contribution in [3.8, 4) is 0 Å². The fraction of sp³-hybridized carbons (Fsp3) is 1.00. The molecule has 5 atom stereocenters. The zero-order valence-corrected chi connectivity index (χ0v) is 9.66. The van der Waals surface area contributed by atoms with Gasteiger partial charge in [0, 0.05) is 6.04 Å². The lowest BCUT2D eigenvalue weighted by atomic mass is 9.91. The highest BCUT2D eigenvalue weighted by Crippen LogP contribution is 2.70. The summed E-state index contributed by atoms with van der Waals surface area (Å²) in [4.78, 5) is 0. The van der Waals surface area contributed by atoms with Crippen molar-refractivity contribution in [2.45, 2.75) is 39.2 Å². The van der Waals surface area contributed by atoms with Gasteiger partial charge in [0.25, 0.3) is 0 Å². The Bertz CT molecular complexity index is 219. The SMILES string of the molecule is CNC(C(C)C)C1C2C3CCC(C3)C21. The van der Waals surface area contributed by atoms with E-state index in [4.69, 9.17) is 0 Å². The van der Waals surface area contributed by atoms with Crippen LogP contribution in [0.4, 0.5) is 0 Å². The van der Waals surface area contributed by atoms with Crippen LogP contribution in [0.3, 0.4) is 0 Å². The molecule has 3 rings (SSSR count). The smallest absolute Gasteiger partial charge is 0.0121 e. The first-order valence-corrected chi connectivity index (χ1v) is 6.41. The van der Waals surface area contributed by atoms with Crippen molar-refractivity contribution in [3.63, 3.8) is 0 Å². The van der Waals surface area contributed by atoms with E-state index in [1.807, 2.05) is 0 Å². The third kappa shape index (κ3) is 1.05. The fourth-order valence-electron chi connectivity index (χ4n) is 4.84. The molecule has 0 aromatic rings. The lowest BCUT2D eigenvalue weighted by Crippen LogP contribution is -2.35. The Morgan fingerprint density at radius 3 is 2.07 bits per heavy atom. The summed E-state index contributed by atoms with van der Waals surface area (Å²) in [6.45, 7) is 4.74. The van der Waals surface area contributed by atoms with Gasteiger partial charge in [-0.05, 0) is 61.8 Å². The zero-order chi connectivity index (χ0) is 9.87. The zero-order valence-electron chi connectivity index (χ0n) is 9.66. The van der Waals surface area contributed by atoms with Gasteiger partial charge in [-0.2, -0.15) is 0 Å². The number of hydrogen-bond acceptors (Lipinski definition) is 1. The highest BCUT2D eigenvalue weighted by molar-refractivity contribution is 5.15. The number of rotatable bonds is 3. The average molecular weight is 193 g/mol. The first kappa shape index (κ1) is 9.21. The first-order chi connectivity index (χ1) is 6.74. The number of fused-ring (bicyclic) bond motifs is 5. The van der Waals surface area contributed by atoms with Crippen molar-refractivity contribution in [3.05, 3.63) is 0 Å². The van der Waals surface area contributed by atoms with Crippen LogP contribution in [0, 0.1) is 35.5 Å². The van der Waals surface area contributed by atoms with Gasteiger partial charge in [-0.3, -0.25) is 0 Å². The Morgan fingerprint density at radius 1 is 1.07 bits per heavy atom. The molecule has 2 bridgehead atoms. The molecule has 3 aliphatic carbocycles. The molecule has 1 nitrogen and oxygen atoms in total. The molecular weight excluding hydrogens is 170 g/mol. The minimum absolute atomic E-state index is 0.799. The molecule has 0 aromatic carbocycles. The van der Waals surface area contributed by atoms with Gasteiger partial charge >= 0.3 is 0 Å². The summed E-state index contributed by atoms with van der Waals surface area (Å²) in [6.07, 6.45) is 4.69. The second-order valence-corrected chi connectivity index (χ2v) is 6.12. The van der Waals surface area contributed by atoms with Crippen molar-refractivity contribution in [1.82, 2.24) is 5.32 Å². The molecule has 0 spiro atoms. The second kappa shape index (κ2) is 2.98. The molecule has 5 unspecified atom stereocenters. The molecule has 3 fully saturated rings. The fourth-order valence-corrected chi connectivity index (χ4v) is 4.84. The second-order valence-electron chi connectivity index (χ2n) is 6.12. The van der Waals surface area contributed by atoms with E-state index in [0.29, 0.717) is 0 Å². The monoisotopic (exact) mass is 193 g/mol. The molecule has 1 N–H and O–H groups in total. The lowest BCUT2D eigenvalue weighted by Gasteiger charge is -2.23. The van der Waals surface area contributed by atoms with E-state index >= 15 is 0 Å². The Labute approximate surface area is 87.7 Å². The predicted octanol–water partition coefficient (Wildman–Crippen LogP) is 2.52. The standard InChI is InChI=1S/C13H23N/c1-7(2)13(14-3)12-10-8-4-5-9(6-8)11(10)12/h7-14H,4-6H2,1-3H3. The molecule has 1 heteroatoms. The van der Waals surface area contributed by atoms with Crippen LogP contribution >= 0.6 is 0 Å². The van der Waals surface area contributed by atoms with Crippen LogP contribution in [0.1, 0.15) is 33.1 Å². The van der Waals surface area contributed by atoms with Crippen LogP contribution in [0.15, 0.2) is 0 Å². The van der Waals surface area contributed by atoms with Gasteiger partial charge < -0.3 is 5.32 Å². The summed E-state index contributed by atoms with van der Waals surface area (Å²) in [5.74, 6) is 6.39. The third-order valence-corrected chi connectivity index (χ3v) is 5.26. The van der Waals surface area contributed by atoms with Crippen LogP contribution in [-0.2, 0) is 0 Å². The van der Waals surface area contributed by atoms with Crippen LogP contribution in [0.5, 0.6) is 0 Å². The van der Waals surface area contributed by atoms with Crippen LogP contribution in [0.2, 0.25) is 0 Å². The predicted molar refractivity (Wildman–Crippen MR) is 59.0 cm³/mol. The molecule has 14 heavy (non-hydrogen) atoms. The molecule has 80 valence electrons. The van der Waals surface area contributed by atoms with Crippen molar-refractivity contribution in [2.24, 2.45) is 35.5 Å². The van der Waals surface area contributed by atoms with Crippen LogP contribution < -0.4 is 5.32 Å². The van der Waals surface area contributed by atoms with Gasteiger partial charge in [-0.25, -0.2) is 0 Å².